The van der Waals surface area contributed by atoms with Crippen LogP contribution in [-0.2, 0) is 9.59 Å². The number of likely N-dealkylation sites (tertiary alicyclic amines) is 1. The molecule has 184 valence electrons. The molecule has 1 saturated heterocycles. The van der Waals surface area contributed by atoms with Gasteiger partial charge in [0.2, 0.25) is 0 Å². The maximum absolute atomic E-state index is 13.2. The van der Waals surface area contributed by atoms with Crippen LogP contribution < -0.4 is 14.8 Å². The van der Waals surface area contributed by atoms with Gasteiger partial charge in [-0.1, -0.05) is 12.1 Å². The summed E-state index contributed by atoms with van der Waals surface area (Å²) in [5.41, 5.74) is 4.27. The number of nitrogens with zero attached hydrogens (tertiary/aromatic N) is 1. The lowest BCUT2D eigenvalue weighted by Crippen LogP contribution is -2.40. The highest BCUT2D eigenvalue weighted by molar-refractivity contribution is 6.11. The van der Waals surface area contributed by atoms with Crippen LogP contribution in [0.4, 0.5) is 5.69 Å². The molecule has 8 heteroatoms. The number of carbonyl (C=O) groups is 3. The number of ether oxygens (including phenoxy) is 2. The number of anilines is 1. The van der Waals surface area contributed by atoms with Crippen molar-refractivity contribution in [3.05, 3.63) is 57.7 Å². The molecule has 2 aliphatic rings. The fourth-order valence-corrected chi connectivity index (χ4v) is 4.49. The number of amides is 2. The first-order valence-electron chi connectivity index (χ1n) is 11.7. The first-order chi connectivity index (χ1) is 16.7. The second-order valence-electron chi connectivity index (χ2n) is 9.02. The van der Waals surface area contributed by atoms with E-state index in [1.165, 1.54) is 6.92 Å². The van der Waals surface area contributed by atoms with Gasteiger partial charge >= 0.3 is 5.97 Å². The van der Waals surface area contributed by atoms with Gasteiger partial charge in [-0.15, -0.1) is 0 Å². The Kier molecular flexibility index (Phi) is 6.93. The van der Waals surface area contributed by atoms with Gasteiger partial charge in [0.15, 0.2) is 0 Å². The Labute approximate surface area is 204 Å². The zero-order valence-corrected chi connectivity index (χ0v) is 20.4. The lowest BCUT2D eigenvalue weighted by molar-refractivity contribution is -0.132. The Morgan fingerprint density at radius 2 is 1.74 bits per heavy atom. The normalized spacial score (nSPS) is 15.6. The van der Waals surface area contributed by atoms with Crippen molar-refractivity contribution in [2.45, 2.75) is 46.6 Å². The maximum atomic E-state index is 13.2. The number of aliphatic hydroxyl groups excluding tert-OH is 1. The van der Waals surface area contributed by atoms with Gasteiger partial charge in [0.05, 0.1) is 22.9 Å². The molecule has 0 bridgehead atoms. The Balaban J connectivity index is 1.61. The number of esters is 1. The Hall–Kier alpha value is -3.65. The Morgan fingerprint density at radius 3 is 2.43 bits per heavy atom. The first-order valence-corrected chi connectivity index (χ1v) is 11.7. The molecular weight excluding hydrogens is 448 g/mol. The maximum Gasteiger partial charge on any atom is 0.308 e. The topological polar surface area (TPSA) is 105 Å². The molecule has 0 aliphatic carbocycles. The van der Waals surface area contributed by atoms with Crippen LogP contribution in [0.3, 0.4) is 0 Å². The van der Waals surface area contributed by atoms with Gasteiger partial charge in [0, 0.05) is 31.1 Å². The van der Waals surface area contributed by atoms with Crippen LogP contribution in [0.1, 0.15) is 52.4 Å². The minimum atomic E-state index is -0.418. The minimum Gasteiger partial charge on any atom is -0.488 e. The molecule has 2 heterocycles. The van der Waals surface area contributed by atoms with Crippen LogP contribution in [0.5, 0.6) is 11.5 Å². The molecule has 0 spiro atoms. The molecule has 0 saturated carbocycles. The summed E-state index contributed by atoms with van der Waals surface area (Å²) in [6.07, 6.45) is 2.45. The van der Waals surface area contributed by atoms with Crippen LogP contribution in [0.15, 0.2) is 29.8 Å². The monoisotopic (exact) mass is 478 g/mol. The standard InChI is InChI=1S/C27H30N2O6/c1-15-16(2)25-22(17(3)24(15)35-18(4)30)13-19(14-34-25)26(32)28-23-8-6-5-7-21(23)27(33)29-11-9-20(31)10-12-29/h5-8,13,20,31H,9-12,14H2,1-4H3,(H,28,32). The molecule has 1 fully saturated rings. The largest absolute Gasteiger partial charge is 0.488 e. The van der Waals surface area contributed by atoms with Gasteiger partial charge in [-0.3, -0.25) is 14.4 Å². The van der Waals surface area contributed by atoms with E-state index in [4.69, 9.17) is 9.47 Å². The predicted molar refractivity (Wildman–Crippen MR) is 132 cm³/mol. The number of benzene rings is 2. The summed E-state index contributed by atoms with van der Waals surface area (Å²) in [4.78, 5) is 39.6. The summed E-state index contributed by atoms with van der Waals surface area (Å²) < 4.78 is 11.4. The zero-order chi connectivity index (χ0) is 25.3. The van der Waals surface area contributed by atoms with Crippen LogP contribution in [0, 0.1) is 20.8 Å². The van der Waals surface area contributed by atoms with E-state index in [1.54, 1.807) is 35.2 Å². The molecule has 2 amide bonds. The van der Waals surface area contributed by atoms with Crippen LogP contribution >= 0.6 is 0 Å². The highest BCUT2D eigenvalue weighted by atomic mass is 16.5. The zero-order valence-electron chi connectivity index (χ0n) is 20.4. The number of aliphatic hydroxyl groups is 1. The van der Waals surface area contributed by atoms with Gasteiger partial charge in [-0.25, -0.2) is 0 Å². The molecule has 4 rings (SSSR count). The van der Waals surface area contributed by atoms with Crippen LogP contribution in [-0.4, -0.2) is 53.6 Å². The van der Waals surface area contributed by atoms with E-state index in [9.17, 15) is 19.5 Å². The molecule has 2 aromatic carbocycles. The van der Waals surface area contributed by atoms with Crippen molar-refractivity contribution in [3.8, 4) is 11.5 Å². The molecule has 0 unspecified atom stereocenters. The number of piperidine rings is 1. The molecule has 2 aliphatic heterocycles. The average molecular weight is 479 g/mol. The van der Waals surface area contributed by atoms with E-state index in [0.29, 0.717) is 65.4 Å². The first kappa shape index (κ1) is 24.5. The highest BCUT2D eigenvalue weighted by Gasteiger charge is 2.27. The van der Waals surface area contributed by atoms with Crippen molar-refractivity contribution in [2.75, 3.05) is 25.0 Å². The van der Waals surface area contributed by atoms with Crippen molar-refractivity contribution in [1.82, 2.24) is 4.90 Å². The lowest BCUT2D eigenvalue weighted by atomic mass is 9.94. The number of fused-ring (bicyclic) bond motifs is 1. The van der Waals surface area contributed by atoms with E-state index >= 15 is 0 Å². The third-order valence-corrected chi connectivity index (χ3v) is 6.62. The number of hydrogen-bond donors (Lipinski definition) is 2. The summed E-state index contributed by atoms with van der Waals surface area (Å²) in [5, 5.41) is 12.6. The smallest absolute Gasteiger partial charge is 0.308 e. The van der Waals surface area contributed by atoms with E-state index in [0.717, 1.165) is 11.1 Å². The summed E-state index contributed by atoms with van der Waals surface area (Å²) in [6.45, 7) is 7.96. The molecule has 0 aromatic heterocycles. The van der Waals surface area contributed by atoms with Gasteiger partial charge in [-0.2, -0.15) is 0 Å². The number of nitrogens with one attached hydrogen (secondary N) is 1. The summed E-state index contributed by atoms with van der Waals surface area (Å²) in [6, 6.07) is 6.90. The number of hydrogen-bond acceptors (Lipinski definition) is 6. The second kappa shape index (κ2) is 9.92. The third kappa shape index (κ3) is 4.93. The van der Waals surface area contributed by atoms with Gasteiger partial charge in [0.1, 0.15) is 18.1 Å². The molecule has 0 radical (unpaired) electrons. The number of carbonyl (C=O) groups excluding carboxylic acids is 3. The summed E-state index contributed by atoms with van der Waals surface area (Å²) >= 11 is 0. The number of para-hydroxylation sites is 1. The molecule has 0 atom stereocenters. The summed E-state index contributed by atoms with van der Waals surface area (Å²) in [7, 11) is 0. The predicted octanol–water partition coefficient (Wildman–Crippen LogP) is 3.55. The Bertz CT molecular complexity index is 1220. The molecule has 8 nitrogen and oxygen atoms in total. The minimum absolute atomic E-state index is 0.0750. The van der Waals surface area contributed by atoms with E-state index < -0.39 is 5.97 Å². The molecular formula is C27H30N2O6. The molecule has 2 N–H and O–H groups in total. The second-order valence-corrected chi connectivity index (χ2v) is 9.02. The van der Waals surface area contributed by atoms with Crippen molar-refractivity contribution in [1.29, 1.82) is 0 Å². The van der Waals surface area contributed by atoms with Crippen LogP contribution in [0.2, 0.25) is 0 Å². The SMILES string of the molecule is CC(=O)Oc1c(C)c(C)c2c(c1C)C=C(C(=O)Nc1ccccc1C(=O)N1CCC(O)CC1)CO2. The van der Waals surface area contributed by atoms with Crippen molar-refractivity contribution in [3.63, 3.8) is 0 Å². The van der Waals surface area contributed by atoms with Gasteiger partial charge in [0.25, 0.3) is 11.8 Å². The summed E-state index contributed by atoms with van der Waals surface area (Å²) in [5.74, 6) is 0.156. The Morgan fingerprint density at radius 1 is 1.06 bits per heavy atom. The number of rotatable bonds is 4. The fraction of sp³-hybridized carbons (Fsp3) is 0.370. The average Bonchev–Trinajstić information content (AvgIpc) is 2.85. The van der Waals surface area contributed by atoms with Crippen LogP contribution in [0.25, 0.3) is 6.08 Å². The third-order valence-electron chi connectivity index (χ3n) is 6.62. The molecule has 2 aromatic rings. The van der Waals surface area contributed by atoms with E-state index in [-0.39, 0.29) is 24.5 Å². The highest BCUT2D eigenvalue weighted by Crippen LogP contribution is 2.41. The van der Waals surface area contributed by atoms with Crippen molar-refractivity contribution in [2.24, 2.45) is 0 Å². The fourth-order valence-electron chi connectivity index (χ4n) is 4.49. The van der Waals surface area contributed by atoms with E-state index in [1.807, 2.05) is 20.8 Å². The van der Waals surface area contributed by atoms with E-state index in [2.05, 4.69) is 5.32 Å². The molecule has 35 heavy (non-hydrogen) atoms. The van der Waals surface area contributed by atoms with Crippen molar-refractivity contribution >= 4 is 29.5 Å². The van der Waals surface area contributed by atoms with Gasteiger partial charge < -0.3 is 24.8 Å². The van der Waals surface area contributed by atoms with Crippen molar-refractivity contribution < 1.29 is 29.0 Å². The quantitative estimate of drug-likeness (QED) is 0.514. The lowest BCUT2D eigenvalue weighted by Gasteiger charge is -2.30. The van der Waals surface area contributed by atoms with Gasteiger partial charge in [-0.05, 0) is 62.9 Å².